The van der Waals surface area contributed by atoms with Gasteiger partial charge in [0, 0.05) is 12.1 Å². The van der Waals surface area contributed by atoms with E-state index in [2.05, 4.69) is 10.4 Å². The molecule has 0 radical (unpaired) electrons. The minimum Gasteiger partial charge on any atom is -0.351 e. The second kappa shape index (κ2) is 7.25. The molecular weight excluding hydrogens is 324 g/mol. The topological polar surface area (TPSA) is 46.9 Å². The fraction of sp³-hybridized carbons (Fsp3) is 0.158. The number of rotatable bonds is 5. The summed E-state index contributed by atoms with van der Waals surface area (Å²) in [5.41, 5.74) is 2.12. The van der Waals surface area contributed by atoms with Crippen LogP contribution < -0.4 is 5.32 Å². The fourth-order valence-electron chi connectivity index (χ4n) is 2.41. The summed E-state index contributed by atoms with van der Waals surface area (Å²) in [4.78, 5) is 12.5. The van der Waals surface area contributed by atoms with E-state index in [1.807, 2.05) is 6.92 Å². The highest BCUT2D eigenvalue weighted by Crippen LogP contribution is 2.22. The Morgan fingerprint density at radius 3 is 2.24 bits per heavy atom. The van der Waals surface area contributed by atoms with Crippen molar-refractivity contribution in [3.8, 4) is 16.9 Å². The summed E-state index contributed by atoms with van der Waals surface area (Å²) >= 11 is 0. The number of hydrogen-bond donors (Lipinski definition) is 1. The van der Waals surface area contributed by atoms with Crippen LogP contribution in [0.4, 0.5) is 8.78 Å². The summed E-state index contributed by atoms with van der Waals surface area (Å²) in [5.74, 6) is -0.985. The largest absolute Gasteiger partial charge is 0.351 e. The maximum Gasteiger partial charge on any atom is 0.270 e. The van der Waals surface area contributed by atoms with Crippen molar-refractivity contribution in [2.45, 2.75) is 13.3 Å². The maximum atomic E-state index is 13.2. The number of hydrogen-bond acceptors (Lipinski definition) is 2. The molecule has 0 spiro atoms. The molecule has 1 heterocycles. The molecule has 0 aliphatic heterocycles. The lowest BCUT2D eigenvalue weighted by Crippen LogP contribution is -2.26. The van der Waals surface area contributed by atoms with Crippen LogP contribution in [0.1, 0.15) is 23.8 Å². The van der Waals surface area contributed by atoms with Gasteiger partial charge in [0.15, 0.2) is 0 Å². The number of benzene rings is 2. The van der Waals surface area contributed by atoms with Crippen molar-refractivity contribution in [1.82, 2.24) is 15.1 Å². The van der Waals surface area contributed by atoms with Crippen LogP contribution in [0.3, 0.4) is 0 Å². The third kappa shape index (κ3) is 3.74. The van der Waals surface area contributed by atoms with Crippen molar-refractivity contribution in [2.24, 2.45) is 0 Å². The van der Waals surface area contributed by atoms with Crippen molar-refractivity contribution in [2.75, 3.05) is 6.54 Å². The van der Waals surface area contributed by atoms with Gasteiger partial charge in [0.25, 0.3) is 5.91 Å². The molecule has 2 aromatic carbocycles. The molecule has 3 aromatic rings. The van der Waals surface area contributed by atoms with Gasteiger partial charge < -0.3 is 5.32 Å². The van der Waals surface area contributed by atoms with E-state index in [-0.39, 0.29) is 17.5 Å². The van der Waals surface area contributed by atoms with E-state index in [0.29, 0.717) is 29.2 Å². The highest BCUT2D eigenvalue weighted by Gasteiger charge is 2.17. The van der Waals surface area contributed by atoms with Crippen LogP contribution >= 0.6 is 0 Å². The Morgan fingerprint density at radius 2 is 1.64 bits per heavy atom. The van der Waals surface area contributed by atoms with Crippen LogP contribution in [0.25, 0.3) is 16.9 Å². The Labute approximate surface area is 144 Å². The molecule has 4 nitrogen and oxygen atoms in total. The molecule has 25 heavy (non-hydrogen) atoms. The highest BCUT2D eigenvalue weighted by atomic mass is 19.1. The Balaban J connectivity index is 2.05. The third-order valence-electron chi connectivity index (χ3n) is 3.69. The van der Waals surface area contributed by atoms with Crippen molar-refractivity contribution < 1.29 is 13.6 Å². The standard InChI is InChI=1S/C19H17F2N3O/c1-2-11-22-19(25)18-12-17(13-3-5-14(20)6-4-13)23-24(18)16-9-7-15(21)8-10-16/h3-10,12H,2,11H2,1H3,(H,22,25). The molecule has 0 saturated heterocycles. The molecular formula is C19H17F2N3O. The molecule has 1 amide bonds. The van der Waals surface area contributed by atoms with Crippen molar-refractivity contribution >= 4 is 5.91 Å². The summed E-state index contributed by atoms with van der Waals surface area (Å²) in [7, 11) is 0. The average Bonchev–Trinajstić information content (AvgIpc) is 3.06. The van der Waals surface area contributed by atoms with E-state index >= 15 is 0 Å². The van der Waals surface area contributed by atoms with E-state index in [1.54, 1.807) is 30.3 Å². The number of nitrogens with zero attached hydrogens (tertiary/aromatic N) is 2. The van der Waals surface area contributed by atoms with E-state index in [1.165, 1.54) is 28.9 Å². The number of amides is 1. The van der Waals surface area contributed by atoms with Gasteiger partial charge >= 0.3 is 0 Å². The first-order chi connectivity index (χ1) is 12.1. The zero-order valence-electron chi connectivity index (χ0n) is 13.7. The van der Waals surface area contributed by atoms with Crippen LogP contribution in [0.15, 0.2) is 54.6 Å². The quantitative estimate of drug-likeness (QED) is 0.764. The molecule has 0 aliphatic rings. The first-order valence-corrected chi connectivity index (χ1v) is 7.98. The molecule has 1 aromatic heterocycles. The van der Waals surface area contributed by atoms with Crippen LogP contribution in [0.2, 0.25) is 0 Å². The van der Waals surface area contributed by atoms with Crippen molar-refractivity contribution in [3.63, 3.8) is 0 Å². The van der Waals surface area contributed by atoms with Gasteiger partial charge in [-0.25, -0.2) is 13.5 Å². The molecule has 128 valence electrons. The van der Waals surface area contributed by atoms with E-state index < -0.39 is 0 Å². The van der Waals surface area contributed by atoms with Gasteiger partial charge in [0.05, 0.1) is 11.4 Å². The highest BCUT2D eigenvalue weighted by molar-refractivity contribution is 5.94. The van der Waals surface area contributed by atoms with Crippen LogP contribution in [-0.4, -0.2) is 22.2 Å². The zero-order valence-corrected chi connectivity index (χ0v) is 13.7. The van der Waals surface area contributed by atoms with E-state index in [0.717, 1.165) is 6.42 Å². The Bertz CT molecular complexity index is 871. The van der Waals surface area contributed by atoms with E-state index in [4.69, 9.17) is 0 Å². The fourth-order valence-corrected chi connectivity index (χ4v) is 2.41. The SMILES string of the molecule is CCCNC(=O)c1cc(-c2ccc(F)cc2)nn1-c1ccc(F)cc1. The second-order valence-electron chi connectivity index (χ2n) is 5.57. The van der Waals surface area contributed by atoms with Crippen molar-refractivity contribution in [3.05, 3.63) is 71.9 Å². The lowest BCUT2D eigenvalue weighted by Gasteiger charge is -2.07. The molecule has 0 bridgehead atoms. The van der Waals surface area contributed by atoms with E-state index in [9.17, 15) is 13.6 Å². The molecule has 0 atom stereocenters. The summed E-state index contributed by atoms with van der Waals surface area (Å²) in [5, 5.41) is 7.26. The zero-order chi connectivity index (χ0) is 17.8. The number of carbonyl (C=O) groups excluding carboxylic acids is 1. The molecule has 3 rings (SSSR count). The van der Waals surface area contributed by atoms with Gasteiger partial charge in [0.1, 0.15) is 17.3 Å². The van der Waals surface area contributed by atoms with Gasteiger partial charge in [-0.3, -0.25) is 4.79 Å². The first kappa shape index (κ1) is 16.8. The molecule has 1 N–H and O–H groups in total. The Hall–Kier alpha value is -3.02. The third-order valence-corrected chi connectivity index (χ3v) is 3.69. The van der Waals surface area contributed by atoms with Gasteiger partial charge in [-0.05, 0) is 61.0 Å². The summed E-state index contributed by atoms with van der Waals surface area (Å²) < 4.78 is 27.8. The number of nitrogens with one attached hydrogen (secondary N) is 1. The van der Waals surface area contributed by atoms with Gasteiger partial charge in [-0.1, -0.05) is 6.92 Å². The summed E-state index contributed by atoms with van der Waals surface area (Å²) in [6.45, 7) is 2.50. The van der Waals surface area contributed by atoms with Crippen LogP contribution in [0, 0.1) is 11.6 Å². The first-order valence-electron chi connectivity index (χ1n) is 7.98. The van der Waals surface area contributed by atoms with Gasteiger partial charge in [-0.15, -0.1) is 0 Å². The molecule has 6 heteroatoms. The summed E-state index contributed by atoms with van der Waals surface area (Å²) in [6, 6.07) is 13.2. The average molecular weight is 341 g/mol. The lowest BCUT2D eigenvalue weighted by molar-refractivity contribution is 0.0946. The van der Waals surface area contributed by atoms with Crippen molar-refractivity contribution in [1.29, 1.82) is 0 Å². The second-order valence-corrected chi connectivity index (χ2v) is 5.57. The minimum absolute atomic E-state index is 0.271. The predicted molar refractivity (Wildman–Crippen MR) is 91.5 cm³/mol. The minimum atomic E-state index is -0.369. The monoisotopic (exact) mass is 341 g/mol. The van der Waals surface area contributed by atoms with Crippen LogP contribution in [0.5, 0.6) is 0 Å². The molecule has 0 saturated carbocycles. The molecule has 0 aliphatic carbocycles. The Morgan fingerprint density at radius 1 is 1.04 bits per heavy atom. The lowest BCUT2D eigenvalue weighted by atomic mass is 10.1. The smallest absolute Gasteiger partial charge is 0.270 e. The van der Waals surface area contributed by atoms with Gasteiger partial charge in [-0.2, -0.15) is 5.10 Å². The number of halogens is 2. The summed E-state index contributed by atoms with van der Waals surface area (Å²) in [6.07, 6.45) is 0.807. The van der Waals surface area contributed by atoms with Gasteiger partial charge in [0.2, 0.25) is 0 Å². The molecule has 0 unspecified atom stereocenters. The number of carbonyl (C=O) groups is 1. The predicted octanol–water partition coefficient (Wildman–Crippen LogP) is 3.96. The normalized spacial score (nSPS) is 10.7. The number of aromatic nitrogens is 2. The molecule has 0 fully saturated rings. The maximum absolute atomic E-state index is 13.2. The van der Waals surface area contributed by atoms with Crippen LogP contribution in [-0.2, 0) is 0 Å². The Kier molecular flexibility index (Phi) is 4.88.